The molecule has 12 heteroatoms. The number of hydrogen-bond donors (Lipinski definition) is 1. The lowest BCUT2D eigenvalue weighted by molar-refractivity contribution is -0.0774. The van der Waals surface area contributed by atoms with Gasteiger partial charge >= 0.3 is 0 Å². The number of hydrogen-bond acceptors (Lipinski definition) is 8. The van der Waals surface area contributed by atoms with Gasteiger partial charge in [0.1, 0.15) is 5.82 Å². The third-order valence-electron chi connectivity index (χ3n) is 6.54. The molecule has 2 aromatic heterocycles. The topological polar surface area (TPSA) is 96.9 Å². The van der Waals surface area contributed by atoms with Gasteiger partial charge in [0.15, 0.2) is 4.90 Å². The number of rotatable bonds is 8. The van der Waals surface area contributed by atoms with Crippen LogP contribution in [0.25, 0.3) is 11.3 Å². The number of nitrogens with zero attached hydrogens (tertiary/aromatic N) is 4. The first-order valence-electron chi connectivity index (χ1n) is 11.8. The molecule has 0 radical (unpaired) electrons. The zero-order chi connectivity index (χ0) is 26.0. The van der Waals surface area contributed by atoms with Gasteiger partial charge in [-0.2, -0.15) is 0 Å². The molecule has 0 unspecified atom stereocenters. The third kappa shape index (κ3) is 5.86. The minimum absolute atomic E-state index is 0.0914. The van der Waals surface area contributed by atoms with E-state index in [0.717, 1.165) is 45.0 Å². The van der Waals surface area contributed by atoms with Crippen LogP contribution < -0.4 is 9.46 Å². The van der Waals surface area contributed by atoms with Gasteiger partial charge in [-0.1, -0.05) is 17.7 Å². The Bertz CT molecular complexity index is 1380. The van der Waals surface area contributed by atoms with Gasteiger partial charge in [-0.3, -0.25) is 19.5 Å². The summed E-state index contributed by atoms with van der Waals surface area (Å²) in [6.07, 6.45) is 2.71. The summed E-state index contributed by atoms with van der Waals surface area (Å²) in [5, 5.41) is 0.147. The minimum atomic E-state index is -4.08. The van der Waals surface area contributed by atoms with E-state index in [0.29, 0.717) is 18.3 Å². The van der Waals surface area contributed by atoms with Crippen molar-refractivity contribution in [3.05, 3.63) is 65.2 Å². The molecule has 0 saturated carbocycles. The van der Waals surface area contributed by atoms with Crippen molar-refractivity contribution in [2.75, 3.05) is 51.2 Å². The Labute approximate surface area is 220 Å². The molecule has 0 atom stereocenters. The number of halogens is 2. The maximum absolute atomic E-state index is 15.1. The highest BCUT2D eigenvalue weighted by Crippen LogP contribution is 2.29. The van der Waals surface area contributed by atoms with Crippen molar-refractivity contribution in [3.63, 3.8) is 0 Å². The van der Waals surface area contributed by atoms with Crippen LogP contribution in [-0.2, 0) is 21.3 Å². The van der Waals surface area contributed by atoms with Crippen LogP contribution in [0.2, 0.25) is 5.02 Å². The highest BCUT2D eigenvalue weighted by atomic mass is 35.5. The van der Waals surface area contributed by atoms with Gasteiger partial charge in [-0.15, -0.1) is 0 Å². The molecule has 2 aliphatic heterocycles. The molecule has 2 aliphatic rings. The normalized spacial score (nSPS) is 17.4. The number of benzene rings is 1. The molecule has 0 bridgehead atoms. The number of sulfonamides is 1. The Morgan fingerprint density at radius 3 is 2.59 bits per heavy atom. The van der Waals surface area contributed by atoms with Gasteiger partial charge in [0, 0.05) is 50.7 Å². The van der Waals surface area contributed by atoms with Crippen LogP contribution in [0, 0.1) is 5.82 Å². The maximum Gasteiger partial charge on any atom is 0.267 e. The first-order valence-corrected chi connectivity index (χ1v) is 13.7. The van der Waals surface area contributed by atoms with Crippen LogP contribution in [0.1, 0.15) is 5.56 Å². The smallest absolute Gasteiger partial charge is 0.267 e. The van der Waals surface area contributed by atoms with E-state index in [-0.39, 0.29) is 27.0 Å². The SMILES string of the molecule is COc1ncc(Cl)cc1S(=O)(=O)Nc1ccnc(-c2ccc(CN3CCN(C4COC4)CC3)cc2F)c1. The summed E-state index contributed by atoms with van der Waals surface area (Å²) in [5.41, 5.74) is 1.67. The number of ether oxygens (including phenoxy) is 2. The second kappa shape index (κ2) is 10.9. The molecule has 1 aromatic carbocycles. The zero-order valence-corrected chi connectivity index (χ0v) is 21.8. The van der Waals surface area contributed by atoms with E-state index < -0.39 is 15.8 Å². The predicted octanol–water partition coefficient (Wildman–Crippen LogP) is 3.26. The number of anilines is 1. The van der Waals surface area contributed by atoms with Crippen LogP contribution in [-0.4, -0.2) is 80.7 Å². The molecule has 0 aliphatic carbocycles. The fourth-order valence-corrected chi connectivity index (χ4v) is 5.87. The fourth-order valence-electron chi connectivity index (χ4n) is 4.45. The Morgan fingerprint density at radius 2 is 1.92 bits per heavy atom. The van der Waals surface area contributed by atoms with Crippen LogP contribution in [0.3, 0.4) is 0 Å². The van der Waals surface area contributed by atoms with Gasteiger partial charge in [0.2, 0.25) is 5.88 Å². The molecule has 2 saturated heterocycles. The lowest BCUT2D eigenvalue weighted by Crippen LogP contribution is -2.56. The molecule has 0 spiro atoms. The van der Waals surface area contributed by atoms with Crippen molar-refractivity contribution in [3.8, 4) is 17.1 Å². The largest absolute Gasteiger partial charge is 0.480 e. The van der Waals surface area contributed by atoms with Crippen molar-refractivity contribution in [1.29, 1.82) is 0 Å². The van der Waals surface area contributed by atoms with Crippen molar-refractivity contribution in [2.45, 2.75) is 17.5 Å². The van der Waals surface area contributed by atoms with Crippen LogP contribution in [0.4, 0.5) is 10.1 Å². The van der Waals surface area contributed by atoms with E-state index in [1.54, 1.807) is 6.07 Å². The fraction of sp³-hybridized carbons (Fsp3) is 0.360. The number of pyridine rings is 2. The third-order valence-corrected chi connectivity index (χ3v) is 8.12. The summed E-state index contributed by atoms with van der Waals surface area (Å²) >= 11 is 5.94. The molecule has 9 nitrogen and oxygen atoms in total. The molecule has 5 rings (SSSR count). The summed E-state index contributed by atoms with van der Waals surface area (Å²) in [4.78, 5) is 12.7. The van der Waals surface area contributed by atoms with E-state index in [9.17, 15) is 8.42 Å². The number of nitrogens with one attached hydrogen (secondary N) is 1. The molecular weight excluding hydrogens is 521 g/mol. The second-order valence-corrected chi connectivity index (χ2v) is 11.1. The van der Waals surface area contributed by atoms with Gasteiger partial charge in [-0.05, 0) is 35.9 Å². The van der Waals surface area contributed by atoms with E-state index in [1.807, 2.05) is 6.07 Å². The van der Waals surface area contributed by atoms with E-state index in [2.05, 4.69) is 24.5 Å². The van der Waals surface area contributed by atoms with Gasteiger partial charge in [0.25, 0.3) is 10.0 Å². The summed E-state index contributed by atoms with van der Waals surface area (Å²) in [5.74, 6) is -0.512. The molecule has 2 fully saturated rings. The van der Waals surface area contributed by atoms with Crippen molar-refractivity contribution in [1.82, 2.24) is 19.8 Å². The molecule has 4 heterocycles. The quantitative estimate of drug-likeness (QED) is 0.459. The van der Waals surface area contributed by atoms with Crippen molar-refractivity contribution in [2.24, 2.45) is 0 Å². The average molecular weight is 548 g/mol. The Hall–Kier alpha value is -2.83. The van der Waals surface area contributed by atoms with Gasteiger partial charge < -0.3 is 9.47 Å². The van der Waals surface area contributed by atoms with Gasteiger partial charge in [-0.25, -0.2) is 17.8 Å². The highest BCUT2D eigenvalue weighted by Gasteiger charge is 2.29. The zero-order valence-electron chi connectivity index (χ0n) is 20.2. The maximum atomic E-state index is 15.1. The lowest BCUT2D eigenvalue weighted by atomic mass is 10.1. The summed E-state index contributed by atoms with van der Waals surface area (Å²) in [7, 11) is -2.76. The molecule has 196 valence electrons. The molecule has 0 amide bonds. The average Bonchev–Trinajstić information content (AvgIpc) is 2.84. The van der Waals surface area contributed by atoms with Crippen molar-refractivity contribution >= 4 is 27.3 Å². The first-order chi connectivity index (χ1) is 17.8. The Kier molecular flexibility index (Phi) is 7.59. The summed E-state index contributed by atoms with van der Waals surface area (Å²) < 4.78 is 53.9. The monoisotopic (exact) mass is 547 g/mol. The lowest BCUT2D eigenvalue weighted by Gasteiger charge is -2.42. The highest BCUT2D eigenvalue weighted by molar-refractivity contribution is 7.92. The number of methoxy groups -OCH3 is 1. The van der Waals surface area contributed by atoms with E-state index in [4.69, 9.17) is 21.1 Å². The second-order valence-electron chi connectivity index (χ2n) is 9.01. The molecule has 3 aromatic rings. The minimum Gasteiger partial charge on any atom is -0.480 e. The number of piperazine rings is 1. The molecule has 37 heavy (non-hydrogen) atoms. The van der Waals surface area contributed by atoms with E-state index in [1.165, 1.54) is 43.8 Å². The summed E-state index contributed by atoms with van der Waals surface area (Å²) in [6, 6.07) is 9.82. The van der Waals surface area contributed by atoms with Crippen LogP contribution in [0.5, 0.6) is 5.88 Å². The molecular formula is C25H27ClFN5O4S. The van der Waals surface area contributed by atoms with Crippen LogP contribution >= 0.6 is 11.6 Å². The Morgan fingerprint density at radius 1 is 1.14 bits per heavy atom. The number of aromatic nitrogens is 2. The van der Waals surface area contributed by atoms with Crippen molar-refractivity contribution < 1.29 is 22.3 Å². The van der Waals surface area contributed by atoms with E-state index >= 15 is 4.39 Å². The van der Waals surface area contributed by atoms with Gasteiger partial charge in [0.05, 0.1) is 42.8 Å². The molecule has 1 N–H and O–H groups in total. The first kappa shape index (κ1) is 25.8. The predicted molar refractivity (Wildman–Crippen MR) is 138 cm³/mol. The Balaban J connectivity index is 1.28. The standard InChI is InChI=1S/C25H27ClFN5O4S/c1-35-25-24(11-18(26)13-29-25)37(33,34)30-19-4-5-28-23(12-19)21-3-2-17(10-22(21)27)14-31-6-8-32(9-7-31)20-15-36-16-20/h2-5,10-13,20H,6-9,14-16H2,1H3,(H,28,30). The van der Waals surface area contributed by atoms with Crippen LogP contribution in [0.15, 0.2) is 53.7 Å². The summed E-state index contributed by atoms with van der Waals surface area (Å²) in [6.45, 7) is 6.11.